The number of nitrogens with zero attached hydrogens (tertiary/aromatic N) is 1. The highest BCUT2D eigenvalue weighted by Gasteiger charge is 2.32. The van der Waals surface area contributed by atoms with Crippen LogP contribution in [0.5, 0.6) is 0 Å². The van der Waals surface area contributed by atoms with E-state index in [0.29, 0.717) is 23.6 Å². The average Bonchev–Trinajstić information content (AvgIpc) is 2.85. The summed E-state index contributed by atoms with van der Waals surface area (Å²) in [5.41, 5.74) is 4.60. The number of anilines is 1. The third kappa shape index (κ3) is 6.11. The number of nitrogens with one attached hydrogen (secondary N) is 2. The first kappa shape index (κ1) is 27.9. The fourth-order valence-corrected chi connectivity index (χ4v) is 6.49. The van der Waals surface area contributed by atoms with E-state index in [1.54, 1.807) is 12.1 Å². The fourth-order valence-electron chi connectivity index (χ4n) is 4.84. The van der Waals surface area contributed by atoms with Gasteiger partial charge in [0.25, 0.3) is 5.91 Å². The fraction of sp³-hybridized carbons (Fsp3) is 0.387. The van der Waals surface area contributed by atoms with Gasteiger partial charge in [-0.1, -0.05) is 75.7 Å². The van der Waals surface area contributed by atoms with E-state index in [1.165, 1.54) is 0 Å². The Morgan fingerprint density at radius 3 is 2.29 bits per heavy atom. The van der Waals surface area contributed by atoms with Gasteiger partial charge in [-0.2, -0.15) is 0 Å². The lowest BCUT2D eigenvalue weighted by Gasteiger charge is -2.38. The van der Waals surface area contributed by atoms with Crippen molar-refractivity contribution < 1.29 is 13.2 Å². The molecule has 3 aromatic carbocycles. The van der Waals surface area contributed by atoms with Crippen LogP contribution in [0, 0.1) is 0 Å². The van der Waals surface area contributed by atoms with Crippen molar-refractivity contribution >= 4 is 21.6 Å². The Kier molecular flexibility index (Phi) is 8.00. The molecular weight excluding hydrogens is 494 g/mol. The first-order valence-corrected chi connectivity index (χ1v) is 14.8. The van der Waals surface area contributed by atoms with E-state index < -0.39 is 15.6 Å². The number of benzene rings is 3. The molecule has 1 unspecified atom stereocenters. The first-order chi connectivity index (χ1) is 17.9. The van der Waals surface area contributed by atoms with Crippen LogP contribution in [0.1, 0.15) is 81.8 Å². The van der Waals surface area contributed by atoms with Gasteiger partial charge in [-0.3, -0.25) is 4.79 Å². The zero-order valence-corrected chi connectivity index (χ0v) is 24.0. The normalized spacial score (nSPS) is 15.9. The molecule has 4 rings (SSSR count). The van der Waals surface area contributed by atoms with Crippen molar-refractivity contribution in [2.45, 2.75) is 83.4 Å². The molecule has 2 N–H and O–H groups in total. The molecule has 0 spiro atoms. The maximum atomic E-state index is 13.7. The standard InChI is InChI=1S/C31H39N3O3S/c1-7-10-29-32-27-18-17-24(21(2)3)19-26(27)30(35)34(29)20-22-13-15-23(16-14-22)25-11-8-9-12-28(25)38(36,37)33-31(4,5)6/h8-9,11-19,21,29,32-33H,7,10,20H2,1-6H3. The maximum Gasteiger partial charge on any atom is 0.257 e. The highest BCUT2D eigenvalue weighted by atomic mass is 32.2. The van der Waals surface area contributed by atoms with E-state index in [1.807, 2.05) is 74.2 Å². The topological polar surface area (TPSA) is 78.5 Å². The van der Waals surface area contributed by atoms with E-state index in [-0.39, 0.29) is 17.0 Å². The molecule has 0 aromatic heterocycles. The van der Waals surface area contributed by atoms with Crippen molar-refractivity contribution in [3.8, 4) is 11.1 Å². The largest absolute Gasteiger partial charge is 0.364 e. The number of fused-ring (bicyclic) bond motifs is 1. The number of hydrogen-bond donors (Lipinski definition) is 2. The van der Waals surface area contributed by atoms with Crippen LogP contribution in [-0.4, -0.2) is 30.9 Å². The summed E-state index contributed by atoms with van der Waals surface area (Å²) in [5, 5.41) is 3.58. The molecule has 38 heavy (non-hydrogen) atoms. The second kappa shape index (κ2) is 10.9. The molecule has 3 aromatic rings. The van der Waals surface area contributed by atoms with Crippen molar-refractivity contribution in [3.05, 3.63) is 83.4 Å². The molecular formula is C31H39N3O3S. The molecule has 1 atom stereocenters. The van der Waals surface area contributed by atoms with E-state index in [2.05, 4.69) is 36.9 Å². The number of hydrogen-bond acceptors (Lipinski definition) is 4. The quantitative estimate of drug-likeness (QED) is 0.336. The number of amides is 1. The first-order valence-electron chi connectivity index (χ1n) is 13.3. The van der Waals surface area contributed by atoms with Crippen LogP contribution in [0.3, 0.4) is 0 Å². The highest BCUT2D eigenvalue weighted by molar-refractivity contribution is 7.89. The highest BCUT2D eigenvalue weighted by Crippen LogP contribution is 2.32. The Bertz CT molecular complexity index is 1410. The molecule has 6 nitrogen and oxygen atoms in total. The van der Waals surface area contributed by atoms with Crippen molar-refractivity contribution in [1.29, 1.82) is 0 Å². The predicted molar refractivity (Wildman–Crippen MR) is 155 cm³/mol. The summed E-state index contributed by atoms with van der Waals surface area (Å²) in [6, 6.07) is 21.0. The zero-order chi connectivity index (χ0) is 27.7. The Morgan fingerprint density at radius 2 is 1.66 bits per heavy atom. The Labute approximate surface area is 227 Å². The van der Waals surface area contributed by atoms with Gasteiger partial charge in [-0.25, -0.2) is 13.1 Å². The van der Waals surface area contributed by atoms with E-state index in [4.69, 9.17) is 0 Å². The van der Waals surface area contributed by atoms with Gasteiger partial charge in [-0.05, 0) is 68.0 Å². The Morgan fingerprint density at radius 1 is 0.974 bits per heavy atom. The van der Waals surface area contributed by atoms with Crippen molar-refractivity contribution in [2.24, 2.45) is 0 Å². The molecule has 1 aliphatic heterocycles. The minimum atomic E-state index is -3.70. The molecule has 202 valence electrons. The van der Waals surface area contributed by atoms with Crippen LogP contribution >= 0.6 is 0 Å². The van der Waals surface area contributed by atoms with Gasteiger partial charge in [0, 0.05) is 23.3 Å². The SMILES string of the molecule is CCCC1Nc2ccc(C(C)C)cc2C(=O)N1Cc1ccc(-c2ccccc2S(=O)(=O)NC(C)(C)C)cc1. The molecule has 1 heterocycles. The van der Waals surface area contributed by atoms with Gasteiger partial charge in [0.05, 0.1) is 10.5 Å². The molecule has 1 amide bonds. The molecule has 7 heteroatoms. The molecule has 0 saturated carbocycles. The number of carbonyl (C=O) groups is 1. The van der Waals surface area contributed by atoms with Crippen LogP contribution in [0.25, 0.3) is 11.1 Å². The summed E-state index contributed by atoms with van der Waals surface area (Å²) in [7, 11) is -3.70. The van der Waals surface area contributed by atoms with Crippen LogP contribution in [0.4, 0.5) is 5.69 Å². The summed E-state index contributed by atoms with van der Waals surface area (Å²) in [6.45, 7) is 12.3. The van der Waals surface area contributed by atoms with Gasteiger partial charge in [0.1, 0.15) is 6.17 Å². The molecule has 0 fully saturated rings. The minimum Gasteiger partial charge on any atom is -0.364 e. The third-order valence-electron chi connectivity index (χ3n) is 6.70. The number of rotatable bonds is 8. The van der Waals surface area contributed by atoms with Gasteiger partial charge in [0.2, 0.25) is 10.0 Å². The predicted octanol–water partition coefficient (Wildman–Crippen LogP) is 6.75. The zero-order valence-electron chi connectivity index (χ0n) is 23.2. The van der Waals surface area contributed by atoms with E-state index in [9.17, 15) is 13.2 Å². The van der Waals surface area contributed by atoms with Gasteiger partial charge >= 0.3 is 0 Å². The summed E-state index contributed by atoms with van der Waals surface area (Å²) in [5.74, 6) is 0.376. The van der Waals surface area contributed by atoms with Crippen molar-refractivity contribution in [3.63, 3.8) is 0 Å². The third-order valence-corrected chi connectivity index (χ3v) is 8.51. The van der Waals surface area contributed by atoms with Crippen molar-refractivity contribution in [2.75, 3.05) is 5.32 Å². The van der Waals surface area contributed by atoms with Crippen LogP contribution in [0.2, 0.25) is 0 Å². The second-order valence-corrected chi connectivity index (χ2v) is 13.0. The van der Waals surface area contributed by atoms with Gasteiger partial charge < -0.3 is 10.2 Å². The van der Waals surface area contributed by atoms with Gasteiger partial charge in [-0.15, -0.1) is 0 Å². The summed E-state index contributed by atoms with van der Waals surface area (Å²) in [4.78, 5) is 15.8. The lowest BCUT2D eigenvalue weighted by molar-refractivity contribution is 0.0659. The number of sulfonamides is 1. The lowest BCUT2D eigenvalue weighted by Crippen LogP contribution is -2.48. The summed E-state index contributed by atoms with van der Waals surface area (Å²) < 4.78 is 29.0. The van der Waals surface area contributed by atoms with Crippen LogP contribution in [-0.2, 0) is 16.6 Å². The average molecular weight is 534 g/mol. The second-order valence-electron chi connectivity index (χ2n) is 11.4. The summed E-state index contributed by atoms with van der Waals surface area (Å²) in [6.07, 6.45) is 1.72. The Balaban J connectivity index is 1.62. The smallest absolute Gasteiger partial charge is 0.257 e. The van der Waals surface area contributed by atoms with Crippen LogP contribution < -0.4 is 10.0 Å². The maximum absolute atomic E-state index is 13.7. The lowest BCUT2D eigenvalue weighted by atomic mass is 9.96. The number of carbonyl (C=O) groups excluding carboxylic acids is 1. The van der Waals surface area contributed by atoms with Gasteiger partial charge in [0.15, 0.2) is 0 Å². The van der Waals surface area contributed by atoms with Crippen molar-refractivity contribution in [1.82, 2.24) is 9.62 Å². The monoisotopic (exact) mass is 533 g/mol. The molecule has 0 saturated heterocycles. The molecule has 0 aliphatic carbocycles. The Hall–Kier alpha value is -3.16. The minimum absolute atomic E-state index is 0.0356. The van der Waals surface area contributed by atoms with E-state index >= 15 is 0 Å². The molecule has 0 bridgehead atoms. The molecule has 1 aliphatic rings. The van der Waals surface area contributed by atoms with E-state index in [0.717, 1.165) is 35.2 Å². The van der Waals surface area contributed by atoms with Crippen LogP contribution in [0.15, 0.2) is 71.6 Å². The molecule has 0 radical (unpaired) electrons. The summed E-state index contributed by atoms with van der Waals surface area (Å²) >= 11 is 0.